The maximum Gasteiger partial charge on any atom is 0.335 e. The first-order valence-corrected chi connectivity index (χ1v) is 12.7. The topological polar surface area (TPSA) is 65.6 Å². The van der Waals surface area contributed by atoms with Crippen LogP contribution in [0.4, 0.5) is 8.78 Å². The van der Waals surface area contributed by atoms with Crippen LogP contribution in [0.5, 0.6) is 5.75 Å². The third-order valence-electron chi connectivity index (χ3n) is 8.58. The number of halogens is 2. The number of carboxylic acids is 1. The summed E-state index contributed by atoms with van der Waals surface area (Å²) in [6, 6.07) is 8.14. The van der Waals surface area contributed by atoms with Crippen molar-refractivity contribution >= 4 is 16.9 Å². The van der Waals surface area contributed by atoms with Gasteiger partial charge in [0.2, 0.25) is 0 Å². The van der Waals surface area contributed by atoms with Crippen LogP contribution < -0.4 is 4.74 Å². The molecule has 2 aliphatic rings. The Bertz CT molecular complexity index is 1290. The summed E-state index contributed by atoms with van der Waals surface area (Å²) in [6.07, 6.45) is 1.27. The van der Waals surface area contributed by atoms with Crippen LogP contribution in [0.2, 0.25) is 0 Å². The molecule has 7 heteroatoms. The Morgan fingerprint density at radius 2 is 2.00 bits per heavy atom. The average Bonchev–Trinajstić information content (AvgIpc) is 3.55. The van der Waals surface area contributed by atoms with Gasteiger partial charge in [-0.25, -0.2) is 13.6 Å². The monoisotopic (exact) mass is 496 g/mol. The molecule has 2 heterocycles. The summed E-state index contributed by atoms with van der Waals surface area (Å²) in [5.41, 5.74) is 3.49. The summed E-state index contributed by atoms with van der Waals surface area (Å²) >= 11 is 0. The number of aryl methyl sites for hydroxylation is 1. The number of benzene rings is 2. The average molecular weight is 497 g/mol. The van der Waals surface area contributed by atoms with Gasteiger partial charge in [-0.2, -0.15) is 0 Å². The minimum atomic E-state index is -2.74. The number of aromatic amines is 1. The van der Waals surface area contributed by atoms with Crippen molar-refractivity contribution in [3.05, 3.63) is 64.3 Å². The molecule has 2 fully saturated rings. The van der Waals surface area contributed by atoms with Crippen molar-refractivity contribution in [1.82, 2.24) is 9.88 Å². The van der Waals surface area contributed by atoms with E-state index in [4.69, 9.17) is 4.74 Å². The number of ether oxygens (including phenoxy) is 1. The molecule has 0 bridgehead atoms. The zero-order chi connectivity index (χ0) is 25.7. The van der Waals surface area contributed by atoms with E-state index >= 15 is 0 Å². The fourth-order valence-electron chi connectivity index (χ4n) is 6.77. The van der Waals surface area contributed by atoms with Gasteiger partial charge in [0.15, 0.2) is 0 Å². The maximum atomic E-state index is 14.3. The van der Waals surface area contributed by atoms with Crippen LogP contribution in [0.3, 0.4) is 0 Å². The molecule has 4 atom stereocenters. The van der Waals surface area contributed by atoms with Crippen LogP contribution >= 0.6 is 0 Å². The summed E-state index contributed by atoms with van der Waals surface area (Å²) in [4.78, 5) is 17.2. The van der Waals surface area contributed by atoms with E-state index in [-0.39, 0.29) is 23.1 Å². The number of methoxy groups -OCH3 is 1. The number of nitrogens with zero attached hydrogens (tertiary/aromatic N) is 1. The molecule has 1 aromatic heterocycles. The van der Waals surface area contributed by atoms with Gasteiger partial charge >= 0.3 is 5.97 Å². The largest absolute Gasteiger partial charge is 0.496 e. The summed E-state index contributed by atoms with van der Waals surface area (Å²) in [7, 11) is 1.67. The molecule has 5 rings (SSSR count). The van der Waals surface area contributed by atoms with Gasteiger partial charge in [-0.3, -0.25) is 4.90 Å². The Hall–Kier alpha value is -2.93. The van der Waals surface area contributed by atoms with E-state index < -0.39 is 12.4 Å². The number of aromatic nitrogens is 1. The highest BCUT2D eigenvalue weighted by atomic mass is 19.3. The molecule has 0 amide bonds. The molecule has 2 aromatic carbocycles. The first kappa shape index (κ1) is 24.8. The second-order valence-electron chi connectivity index (χ2n) is 10.9. The molecule has 2 N–H and O–H groups in total. The fourth-order valence-corrected chi connectivity index (χ4v) is 6.77. The van der Waals surface area contributed by atoms with E-state index in [0.717, 1.165) is 47.2 Å². The van der Waals surface area contributed by atoms with Crippen molar-refractivity contribution in [2.45, 2.75) is 52.6 Å². The second kappa shape index (κ2) is 9.51. The first-order valence-electron chi connectivity index (χ1n) is 12.7. The summed E-state index contributed by atoms with van der Waals surface area (Å²) in [5, 5.41) is 10.5. The SMILES string of the molecule is COc1cc(C)c2[nH]ccc2c1CN1C[C@@H]2CC(C(C)C)C[C@@H]2[C@H]1c1ccc(C(=O)O)cc1C(F)F. The number of likely N-dealkylation sites (tertiary alicyclic amines) is 1. The van der Waals surface area contributed by atoms with E-state index in [9.17, 15) is 18.7 Å². The normalized spacial score (nSPS) is 24.2. The summed E-state index contributed by atoms with van der Waals surface area (Å²) < 4.78 is 34.4. The van der Waals surface area contributed by atoms with E-state index in [2.05, 4.69) is 23.7 Å². The van der Waals surface area contributed by atoms with Crippen LogP contribution in [0.1, 0.15) is 71.8 Å². The zero-order valence-corrected chi connectivity index (χ0v) is 21.2. The maximum absolute atomic E-state index is 14.3. The van der Waals surface area contributed by atoms with Crippen molar-refractivity contribution < 1.29 is 23.4 Å². The van der Waals surface area contributed by atoms with Gasteiger partial charge in [-0.15, -0.1) is 0 Å². The lowest BCUT2D eigenvalue weighted by molar-refractivity contribution is 0.0696. The lowest BCUT2D eigenvalue weighted by Gasteiger charge is -2.32. The zero-order valence-electron chi connectivity index (χ0n) is 21.2. The molecule has 36 heavy (non-hydrogen) atoms. The number of aromatic carboxylic acids is 1. The molecule has 1 saturated heterocycles. The predicted octanol–water partition coefficient (Wildman–Crippen LogP) is 6.98. The van der Waals surface area contributed by atoms with Crippen LogP contribution in [0.25, 0.3) is 10.9 Å². The number of alkyl halides is 2. The van der Waals surface area contributed by atoms with E-state index in [1.807, 2.05) is 25.3 Å². The van der Waals surface area contributed by atoms with Gasteiger partial charge < -0.3 is 14.8 Å². The van der Waals surface area contributed by atoms with E-state index in [1.54, 1.807) is 13.2 Å². The van der Waals surface area contributed by atoms with E-state index in [1.165, 1.54) is 12.1 Å². The molecule has 192 valence electrons. The molecule has 0 spiro atoms. The van der Waals surface area contributed by atoms with Crippen LogP contribution in [-0.2, 0) is 6.54 Å². The molecule has 1 saturated carbocycles. The number of hydrogen-bond acceptors (Lipinski definition) is 3. The third kappa shape index (κ3) is 4.17. The molecular formula is C29H34F2N2O3. The minimum Gasteiger partial charge on any atom is -0.496 e. The first-order chi connectivity index (χ1) is 17.2. The van der Waals surface area contributed by atoms with Crippen LogP contribution in [-0.4, -0.2) is 34.6 Å². The number of nitrogens with one attached hydrogen (secondary N) is 1. The van der Waals surface area contributed by atoms with Crippen molar-refractivity contribution in [2.24, 2.45) is 23.7 Å². The predicted molar refractivity (Wildman–Crippen MR) is 136 cm³/mol. The highest BCUT2D eigenvalue weighted by Gasteiger charge is 2.49. The van der Waals surface area contributed by atoms with Crippen LogP contribution in [0, 0.1) is 30.6 Å². The Labute approximate surface area is 210 Å². The van der Waals surface area contributed by atoms with Gasteiger partial charge in [-0.05, 0) is 78.8 Å². The van der Waals surface area contributed by atoms with Crippen molar-refractivity contribution in [1.29, 1.82) is 0 Å². The Kier molecular flexibility index (Phi) is 6.54. The molecule has 5 nitrogen and oxygen atoms in total. The standard InChI is InChI=1S/C29H34F2N2O3/c1-15(2)18-10-19-13-33(14-24-20-7-8-32-26(20)16(3)9-25(24)36-4)27(22(19)12-18)21-6-5-17(29(34)35)11-23(21)28(30)31/h5-9,11,15,18-19,22,27-28,32H,10,12-14H2,1-4H3,(H,34,35)/t18?,19-,22-,27+/m0/s1. The Morgan fingerprint density at radius 3 is 2.67 bits per heavy atom. The molecule has 3 aromatic rings. The summed E-state index contributed by atoms with van der Waals surface area (Å²) in [5.74, 6) is 1.40. The third-order valence-corrected chi connectivity index (χ3v) is 8.58. The van der Waals surface area contributed by atoms with Gasteiger partial charge in [0.1, 0.15) is 5.75 Å². The van der Waals surface area contributed by atoms with Gasteiger partial charge in [-0.1, -0.05) is 19.9 Å². The van der Waals surface area contributed by atoms with Crippen molar-refractivity contribution in [2.75, 3.05) is 13.7 Å². The number of carboxylic acid groups (broad SMARTS) is 1. The lowest BCUT2D eigenvalue weighted by Crippen LogP contribution is -2.28. The molecule has 0 radical (unpaired) electrons. The number of hydrogen-bond donors (Lipinski definition) is 2. The summed E-state index contributed by atoms with van der Waals surface area (Å²) in [6.45, 7) is 7.92. The quantitative estimate of drug-likeness (QED) is 0.371. The fraction of sp³-hybridized carbons (Fsp3) is 0.483. The van der Waals surface area contributed by atoms with Gasteiger partial charge in [0.05, 0.1) is 12.7 Å². The van der Waals surface area contributed by atoms with Crippen molar-refractivity contribution in [3.8, 4) is 5.75 Å². The Balaban J connectivity index is 1.60. The molecule has 1 unspecified atom stereocenters. The smallest absolute Gasteiger partial charge is 0.335 e. The highest BCUT2D eigenvalue weighted by Crippen LogP contribution is 2.55. The van der Waals surface area contributed by atoms with Crippen LogP contribution in [0.15, 0.2) is 36.5 Å². The van der Waals surface area contributed by atoms with Gasteiger partial charge in [0, 0.05) is 47.4 Å². The number of carbonyl (C=O) groups is 1. The van der Waals surface area contributed by atoms with Gasteiger partial charge in [0.25, 0.3) is 6.43 Å². The second-order valence-corrected chi connectivity index (χ2v) is 10.9. The number of rotatable bonds is 7. The number of fused-ring (bicyclic) bond motifs is 2. The van der Waals surface area contributed by atoms with E-state index in [0.29, 0.717) is 29.9 Å². The molecule has 1 aliphatic heterocycles. The molecule has 1 aliphatic carbocycles. The van der Waals surface area contributed by atoms with Crippen molar-refractivity contribution in [3.63, 3.8) is 0 Å². The number of H-pyrrole nitrogens is 1. The molecular weight excluding hydrogens is 462 g/mol. The minimum absolute atomic E-state index is 0.101. The lowest BCUT2D eigenvalue weighted by atomic mass is 9.85. The Morgan fingerprint density at radius 1 is 1.22 bits per heavy atom. The highest BCUT2D eigenvalue weighted by molar-refractivity contribution is 5.88.